The van der Waals surface area contributed by atoms with Crippen molar-refractivity contribution in [2.24, 2.45) is 11.8 Å². The summed E-state index contributed by atoms with van der Waals surface area (Å²) in [6.45, 7) is 10.4. The molecular weight excluding hydrogens is 458 g/mol. The van der Waals surface area contributed by atoms with Crippen LogP contribution in [0.15, 0.2) is 24.3 Å². The zero-order valence-electron chi connectivity index (χ0n) is 20.2. The monoisotopic (exact) mass is 493 g/mol. The van der Waals surface area contributed by atoms with Crippen molar-refractivity contribution in [1.82, 2.24) is 14.9 Å². The normalized spacial score (nSPS) is 14.2. The fourth-order valence-electron chi connectivity index (χ4n) is 4.00. The predicted molar refractivity (Wildman–Crippen MR) is 136 cm³/mol. The lowest BCUT2D eigenvalue weighted by Gasteiger charge is -2.33. The molecule has 0 aliphatic rings. The number of aromatic nitrogens is 2. The van der Waals surface area contributed by atoms with E-state index < -0.39 is 11.5 Å². The molecule has 0 fully saturated rings. The van der Waals surface area contributed by atoms with E-state index in [0.29, 0.717) is 41.5 Å². The number of carbonyl (C=O) groups excluding carboxylic acids is 1. The van der Waals surface area contributed by atoms with Crippen molar-refractivity contribution in [3.63, 3.8) is 0 Å². The van der Waals surface area contributed by atoms with E-state index in [1.807, 2.05) is 44.4 Å². The first-order valence-corrected chi connectivity index (χ1v) is 12.6. The van der Waals surface area contributed by atoms with Crippen LogP contribution in [0.4, 0.5) is 0 Å². The Hall–Kier alpha value is -1.99. The van der Waals surface area contributed by atoms with Crippen LogP contribution in [0.3, 0.4) is 0 Å². The van der Waals surface area contributed by atoms with E-state index in [4.69, 9.17) is 11.6 Å². The van der Waals surface area contributed by atoms with Gasteiger partial charge in [-0.3, -0.25) is 4.79 Å². The third-order valence-corrected chi connectivity index (χ3v) is 6.96. The van der Waals surface area contributed by atoms with Gasteiger partial charge in [0, 0.05) is 18.1 Å². The number of amides is 1. The molecule has 33 heavy (non-hydrogen) atoms. The Kier molecular flexibility index (Phi) is 9.85. The molecule has 0 aliphatic heterocycles. The number of aromatic carboxylic acids is 1. The number of carboxylic acid groups (broad SMARTS) is 1. The fraction of sp³-hybridized carbons (Fsp3) is 0.560. The maximum atomic E-state index is 13.2. The number of thiol groups is 1. The van der Waals surface area contributed by atoms with Crippen LogP contribution in [0.25, 0.3) is 0 Å². The van der Waals surface area contributed by atoms with Gasteiger partial charge in [0.15, 0.2) is 5.15 Å². The average Bonchev–Trinajstić information content (AvgIpc) is 3.07. The number of rotatable bonds is 12. The highest BCUT2D eigenvalue weighted by molar-refractivity contribution is 7.80. The maximum Gasteiger partial charge on any atom is 0.336 e. The minimum Gasteiger partial charge on any atom is -0.478 e. The van der Waals surface area contributed by atoms with Crippen LogP contribution in [0.2, 0.25) is 5.15 Å². The molecule has 0 radical (unpaired) electrons. The van der Waals surface area contributed by atoms with Crippen LogP contribution in [-0.2, 0) is 23.3 Å². The summed E-state index contributed by atoms with van der Waals surface area (Å²) < 4.78 is 1.99. The lowest BCUT2D eigenvalue weighted by atomic mass is 9.90. The van der Waals surface area contributed by atoms with Crippen LogP contribution in [0.5, 0.6) is 0 Å². The van der Waals surface area contributed by atoms with Crippen molar-refractivity contribution in [3.8, 4) is 0 Å². The number of benzene rings is 1. The molecule has 2 rings (SSSR count). The molecule has 8 heteroatoms. The smallest absolute Gasteiger partial charge is 0.336 e. The van der Waals surface area contributed by atoms with Gasteiger partial charge in [-0.15, -0.1) is 0 Å². The van der Waals surface area contributed by atoms with E-state index in [9.17, 15) is 14.7 Å². The van der Waals surface area contributed by atoms with Crippen LogP contribution in [-0.4, -0.2) is 32.3 Å². The molecule has 0 spiro atoms. The van der Waals surface area contributed by atoms with Crippen molar-refractivity contribution in [1.29, 1.82) is 0 Å². The Labute approximate surface area is 207 Å². The number of nitrogens with one attached hydrogen (secondary N) is 1. The molecule has 2 aromatic rings. The maximum absolute atomic E-state index is 13.2. The van der Waals surface area contributed by atoms with Crippen LogP contribution in [0.1, 0.15) is 81.3 Å². The highest BCUT2D eigenvalue weighted by Gasteiger charge is 2.36. The number of carboxylic acids is 1. The molecule has 0 aliphatic carbocycles. The summed E-state index contributed by atoms with van der Waals surface area (Å²) in [5.74, 6) is 0.0980. The highest BCUT2D eigenvalue weighted by atomic mass is 35.5. The third-order valence-electron chi connectivity index (χ3n) is 6.30. The minimum absolute atomic E-state index is 0.0748. The van der Waals surface area contributed by atoms with Crippen LogP contribution in [0, 0.1) is 11.8 Å². The number of carbonyl (C=O) groups is 2. The number of unbranched alkanes of at least 4 members (excludes halogenated alkanes) is 1. The molecule has 0 saturated heterocycles. The largest absolute Gasteiger partial charge is 0.478 e. The molecule has 2 N–H and O–H groups in total. The SMILES string of the molecule is CCCCc1nc(Cl)c(C(C)(CC)NC(=O)C(CS)C(C)C)n1Cc1ccccc1C(=O)O. The number of nitrogens with zero attached hydrogens (tertiary/aromatic N) is 2. The fourth-order valence-corrected chi connectivity index (χ4v) is 5.00. The summed E-state index contributed by atoms with van der Waals surface area (Å²) in [7, 11) is 0. The van der Waals surface area contributed by atoms with Gasteiger partial charge in [0.25, 0.3) is 0 Å². The third kappa shape index (κ3) is 6.33. The predicted octanol–water partition coefficient (Wildman–Crippen LogP) is 5.57. The Morgan fingerprint density at radius 2 is 1.94 bits per heavy atom. The minimum atomic E-state index is -0.978. The van der Waals surface area contributed by atoms with Crippen LogP contribution >= 0.6 is 24.2 Å². The second-order valence-electron chi connectivity index (χ2n) is 9.03. The van der Waals surface area contributed by atoms with Crippen molar-refractivity contribution in [2.45, 2.75) is 72.4 Å². The second-order valence-corrected chi connectivity index (χ2v) is 9.75. The van der Waals surface area contributed by atoms with Gasteiger partial charge in [0.1, 0.15) is 5.82 Å². The van der Waals surface area contributed by atoms with Crippen molar-refractivity contribution in [3.05, 3.63) is 52.1 Å². The highest BCUT2D eigenvalue weighted by Crippen LogP contribution is 2.34. The summed E-state index contributed by atoms with van der Waals surface area (Å²) >= 11 is 11.1. The van der Waals surface area contributed by atoms with E-state index in [1.54, 1.807) is 12.1 Å². The zero-order valence-corrected chi connectivity index (χ0v) is 21.8. The molecule has 1 heterocycles. The lowest BCUT2D eigenvalue weighted by Crippen LogP contribution is -2.48. The molecule has 6 nitrogen and oxygen atoms in total. The van der Waals surface area contributed by atoms with Gasteiger partial charge < -0.3 is 15.0 Å². The molecule has 2 unspecified atom stereocenters. The molecule has 2 atom stereocenters. The standard InChI is InChI=1S/C25H36ClN3O3S/c1-6-8-13-20-27-22(26)21(25(5,7-2)28-23(30)19(15-33)16(3)4)29(20)14-17-11-9-10-12-18(17)24(31)32/h9-12,16,19,33H,6-8,13-15H2,1-5H3,(H,28,30)(H,31,32). The average molecular weight is 494 g/mol. The van der Waals surface area contributed by atoms with Crippen molar-refractivity contribution < 1.29 is 14.7 Å². The van der Waals surface area contributed by atoms with E-state index in [2.05, 4.69) is 29.9 Å². The van der Waals surface area contributed by atoms with Crippen LogP contribution < -0.4 is 5.32 Å². The Morgan fingerprint density at radius 1 is 1.27 bits per heavy atom. The van der Waals surface area contributed by atoms with Crippen molar-refractivity contribution >= 4 is 36.1 Å². The first-order chi connectivity index (χ1) is 15.6. The van der Waals surface area contributed by atoms with Crippen molar-refractivity contribution in [2.75, 3.05) is 5.75 Å². The summed E-state index contributed by atoms with van der Waals surface area (Å²) in [6, 6.07) is 6.95. The number of aryl methyl sites for hydroxylation is 1. The Balaban J connectivity index is 2.60. The van der Waals surface area contributed by atoms with E-state index in [-0.39, 0.29) is 23.3 Å². The summed E-state index contributed by atoms with van der Waals surface area (Å²) in [4.78, 5) is 29.6. The summed E-state index contributed by atoms with van der Waals surface area (Å²) in [5, 5.41) is 13.2. The van der Waals surface area contributed by atoms with Gasteiger partial charge in [-0.2, -0.15) is 12.6 Å². The Bertz CT molecular complexity index is 976. The van der Waals surface area contributed by atoms with E-state index in [1.165, 1.54) is 0 Å². The van der Waals surface area contributed by atoms with Gasteiger partial charge in [0.05, 0.1) is 23.3 Å². The van der Waals surface area contributed by atoms with E-state index >= 15 is 0 Å². The molecule has 182 valence electrons. The Morgan fingerprint density at radius 3 is 2.48 bits per heavy atom. The molecule has 1 aromatic carbocycles. The number of imidazole rings is 1. The topological polar surface area (TPSA) is 84.2 Å². The lowest BCUT2D eigenvalue weighted by molar-refractivity contribution is -0.127. The quantitative estimate of drug-likeness (QED) is 0.337. The van der Waals surface area contributed by atoms with Gasteiger partial charge >= 0.3 is 5.97 Å². The van der Waals surface area contributed by atoms with Gasteiger partial charge in [0.2, 0.25) is 5.91 Å². The number of hydrogen-bond acceptors (Lipinski definition) is 4. The van der Waals surface area contributed by atoms with E-state index in [0.717, 1.165) is 18.7 Å². The van der Waals surface area contributed by atoms with Gasteiger partial charge in [-0.05, 0) is 37.3 Å². The number of hydrogen-bond donors (Lipinski definition) is 3. The molecule has 0 bridgehead atoms. The second kappa shape index (κ2) is 11.9. The molecule has 1 amide bonds. The molecule has 1 aromatic heterocycles. The number of halogens is 1. The van der Waals surface area contributed by atoms with Gasteiger partial charge in [-0.1, -0.05) is 63.9 Å². The first-order valence-electron chi connectivity index (χ1n) is 11.6. The molecule has 0 saturated carbocycles. The summed E-state index contributed by atoms with van der Waals surface area (Å²) in [5.41, 5.74) is 0.831. The first kappa shape index (κ1) is 27.3. The van der Waals surface area contributed by atoms with Gasteiger partial charge in [-0.25, -0.2) is 9.78 Å². The molecular formula is C25H36ClN3O3S. The summed E-state index contributed by atoms with van der Waals surface area (Å²) in [6.07, 6.45) is 3.22. The zero-order chi connectivity index (χ0) is 24.8.